The Kier molecular flexibility index (Phi) is 4.09. The Morgan fingerprint density at radius 3 is 2.82 bits per heavy atom. The summed E-state index contributed by atoms with van der Waals surface area (Å²) in [5, 5.41) is 18.4. The molecular formula is C11H13ClN2O3. The maximum atomic E-state index is 12.0. The molecule has 0 aliphatic carbocycles. The average molecular weight is 257 g/mol. The first-order valence-electron chi connectivity index (χ1n) is 4.96. The van der Waals surface area contributed by atoms with Crippen molar-refractivity contribution < 1.29 is 10.2 Å². The summed E-state index contributed by atoms with van der Waals surface area (Å²) < 4.78 is 1.29. The molecule has 92 valence electrons. The molecule has 17 heavy (non-hydrogen) atoms. The molecule has 0 bridgehead atoms. The van der Waals surface area contributed by atoms with E-state index in [0.717, 1.165) is 0 Å². The second-order valence-electron chi connectivity index (χ2n) is 3.54. The Morgan fingerprint density at radius 2 is 2.18 bits per heavy atom. The Hall–Kier alpha value is -1.59. The van der Waals surface area contributed by atoms with E-state index < -0.39 is 0 Å². The average Bonchev–Trinajstić information content (AvgIpc) is 2.26. The molecule has 0 aliphatic heterocycles. The molecule has 0 amide bonds. The molecule has 0 unspecified atom stereocenters. The zero-order valence-electron chi connectivity index (χ0n) is 9.25. The third-order valence-corrected chi connectivity index (χ3v) is 2.50. The summed E-state index contributed by atoms with van der Waals surface area (Å²) in [6, 6.07) is 3.05. The normalized spacial score (nSPS) is 10.2. The molecule has 2 N–H and O–H groups in total. The number of halogens is 1. The predicted octanol–water partition coefficient (Wildman–Crippen LogP) is 0.665. The fourth-order valence-electron chi connectivity index (χ4n) is 1.69. The number of aromatic nitrogens is 2. The number of aryl methyl sites for hydroxylation is 1. The van der Waals surface area contributed by atoms with Gasteiger partial charge in [0.15, 0.2) is 11.4 Å². The summed E-state index contributed by atoms with van der Waals surface area (Å²) in [6.07, 6.45) is 1.82. The van der Waals surface area contributed by atoms with Crippen LogP contribution in [0, 0.1) is 6.92 Å². The molecule has 0 radical (unpaired) electrons. The minimum atomic E-state index is -0.243. The number of rotatable bonds is 2. The van der Waals surface area contributed by atoms with Gasteiger partial charge in [0, 0.05) is 30.5 Å². The van der Waals surface area contributed by atoms with Gasteiger partial charge < -0.3 is 10.2 Å². The highest BCUT2D eigenvalue weighted by molar-refractivity contribution is 5.85. The topological polar surface area (TPSA) is 74.8 Å². The van der Waals surface area contributed by atoms with Crippen LogP contribution in [0.15, 0.2) is 23.1 Å². The first kappa shape index (κ1) is 13.5. The molecule has 2 heterocycles. The molecular weight excluding hydrogens is 244 g/mol. The van der Waals surface area contributed by atoms with Gasteiger partial charge in [-0.1, -0.05) is 0 Å². The highest BCUT2D eigenvalue weighted by atomic mass is 35.5. The SMILES string of the molecule is Cc1nc2c(O)cccn2c(=O)c1CCO.Cl. The van der Waals surface area contributed by atoms with Crippen LogP contribution in [-0.4, -0.2) is 26.2 Å². The first-order chi connectivity index (χ1) is 7.65. The molecule has 0 saturated carbocycles. The summed E-state index contributed by atoms with van der Waals surface area (Å²) >= 11 is 0. The van der Waals surface area contributed by atoms with Gasteiger partial charge in [0.05, 0.1) is 0 Å². The monoisotopic (exact) mass is 256 g/mol. The van der Waals surface area contributed by atoms with Crippen LogP contribution < -0.4 is 5.56 Å². The van der Waals surface area contributed by atoms with E-state index in [1.165, 1.54) is 10.5 Å². The molecule has 0 fully saturated rings. The Balaban J connectivity index is 0.00000144. The smallest absolute Gasteiger partial charge is 0.261 e. The van der Waals surface area contributed by atoms with Crippen LogP contribution in [0.3, 0.4) is 0 Å². The summed E-state index contributed by atoms with van der Waals surface area (Å²) in [5.41, 5.74) is 1.02. The largest absolute Gasteiger partial charge is 0.504 e. The van der Waals surface area contributed by atoms with E-state index in [0.29, 0.717) is 11.3 Å². The van der Waals surface area contributed by atoms with Crippen LogP contribution in [0.2, 0.25) is 0 Å². The molecule has 0 saturated heterocycles. The van der Waals surface area contributed by atoms with Gasteiger partial charge in [0.1, 0.15) is 0 Å². The third kappa shape index (κ3) is 2.25. The van der Waals surface area contributed by atoms with Crippen molar-refractivity contribution in [1.82, 2.24) is 9.38 Å². The third-order valence-electron chi connectivity index (χ3n) is 2.50. The van der Waals surface area contributed by atoms with E-state index >= 15 is 0 Å². The van der Waals surface area contributed by atoms with E-state index in [9.17, 15) is 9.90 Å². The van der Waals surface area contributed by atoms with Crippen LogP contribution in [0.4, 0.5) is 0 Å². The Bertz CT molecular complexity index is 595. The lowest BCUT2D eigenvalue weighted by atomic mass is 10.2. The molecule has 2 aromatic heterocycles. The lowest BCUT2D eigenvalue weighted by Crippen LogP contribution is -2.22. The van der Waals surface area contributed by atoms with Gasteiger partial charge in [-0.05, 0) is 19.1 Å². The number of aliphatic hydroxyl groups is 1. The van der Waals surface area contributed by atoms with E-state index in [4.69, 9.17) is 5.11 Å². The standard InChI is InChI=1S/C11H12N2O3.ClH/c1-7-8(4-6-14)11(16)13-5-2-3-9(15)10(13)12-7;/h2-3,5,14-15H,4,6H2,1H3;1H. The summed E-state index contributed by atoms with van der Waals surface area (Å²) in [7, 11) is 0. The second-order valence-corrected chi connectivity index (χ2v) is 3.54. The maximum Gasteiger partial charge on any atom is 0.261 e. The highest BCUT2D eigenvalue weighted by Crippen LogP contribution is 2.14. The fourth-order valence-corrected chi connectivity index (χ4v) is 1.69. The van der Waals surface area contributed by atoms with E-state index in [-0.39, 0.29) is 42.4 Å². The number of hydrogen-bond donors (Lipinski definition) is 2. The second kappa shape index (κ2) is 5.16. The van der Waals surface area contributed by atoms with Crippen molar-refractivity contribution in [1.29, 1.82) is 0 Å². The van der Waals surface area contributed by atoms with Crippen LogP contribution in [0.5, 0.6) is 5.75 Å². The lowest BCUT2D eigenvalue weighted by molar-refractivity contribution is 0.298. The quantitative estimate of drug-likeness (QED) is 0.828. The van der Waals surface area contributed by atoms with E-state index in [1.807, 2.05) is 0 Å². The Labute approximate surface area is 104 Å². The van der Waals surface area contributed by atoms with Gasteiger partial charge in [0.25, 0.3) is 5.56 Å². The minimum Gasteiger partial charge on any atom is -0.504 e. The maximum absolute atomic E-state index is 12.0. The van der Waals surface area contributed by atoms with Crippen LogP contribution in [-0.2, 0) is 6.42 Å². The number of hydrogen-bond acceptors (Lipinski definition) is 4. The Morgan fingerprint density at radius 1 is 1.47 bits per heavy atom. The van der Waals surface area contributed by atoms with Crippen molar-refractivity contribution in [3.63, 3.8) is 0 Å². The van der Waals surface area contributed by atoms with E-state index in [1.54, 1.807) is 19.2 Å². The predicted molar refractivity (Wildman–Crippen MR) is 65.9 cm³/mol. The number of fused-ring (bicyclic) bond motifs is 1. The zero-order chi connectivity index (χ0) is 11.7. The first-order valence-corrected chi connectivity index (χ1v) is 4.96. The van der Waals surface area contributed by atoms with E-state index in [2.05, 4.69) is 4.98 Å². The van der Waals surface area contributed by atoms with Gasteiger partial charge >= 0.3 is 0 Å². The van der Waals surface area contributed by atoms with Gasteiger partial charge in [-0.25, -0.2) is 4.98 Å². The van der Waals surface area contributed by atoms with Gasteiger partial charge in [-0.2, -0.15) is 0 Å². The zero-order valence-corrected chi connectivity index (χ0v) is 10.1. The van der Waals surface area contributed by atoms with Gasteiger partial charge in [0.2, 0.25) is 0 Å². The van der Waals surface area contributed by atoms with Crippen molar-refractivity contribution in [3.05, 3.63) is 39.9 Å². The van der Waals surface area contributed by atoms with Crippen molar-refractivity contribution in [2.75, 3.05) is 6.61 Å². The lowest BCUT2D eigenvalue weighted by Gasteiger charge is -2.07. The molecule has 2 rings (SSSR count). The molecule has 2 aromatic rings. The van der Waals surface area contributed by atoms with Crippen molar-refractivity contribution >= 4 is 18.1 Å². The molecule has 6 heteroatoms. The molecule has 5 nitrogen and oxygen atoms in total. The van der Waals surface area contributed by atoms with Crippen molar-refractivity contribution in [2.45, 2.75) is 13.3 Å². The number of pyridine rings is 1. The number of nitrogens with zero attached hydrogens (tertiary/aromatic N) is 2. The highest BCUT2D eigenvalue weighted by Gasteiger charge is 2.10. The number of aromatic hydroxyl groups is 1. The van der Waals surface area contributed by atoms with Crippen molar-refractivity contribution in [3.8, 4) is 5.75 Å². The molecule has 0 aromatic carbocycles. The van der Waals surface area contributed by atoms with Crippen LogP contribution in [0.1, 0.15) is 11.3 Å². The summed E-state index contributed by atoms with van der Waals surface area (Å²) in [4.78, 5) is 16.1. The van der Waals surface area contributed by atoms with Crippen LogP contribution >= 0.6 is 12.4 Å². The minimum absolute atomic E-state index is 0. The van der Waals surface area contributed by atoms with Crippen LogP contribution in [0.25, 0.3) is 5.65 Å². The molecule has 0 atom stereocenters. The molecule has 0 aliphatic rings. The van der Waals surface area contributed by atoms with Gasteiger partial charge in [-0.15, -0.1) is 12.4 Å². The number of aliphatic hydroxyl groups excluding tert-OH is 1. The molecule has 0 spiro atoms. The fraction of sp³-hybridized carbons (Fsp3) is 0.273. The van der Waals surface area contributed by atoms with Gasteiger partial charge in [-0.3, -0.25) is 9.20 Å². The van der Waals surface area contributed by atoms with Crippen molar-refractivity contribution in [2.24, 2.45) is 0 Å². The summed E-state index contributed by atoms with van der Waals surface area (Å²) in [6.45, 7) is 1.60. The summed E-state index contributed by atoms with van der Waals surface area (Å²) in [5.74, 6) is -0.0294.